The van der Waals surface area contributed by atoms with Crippen molar-refractivity contribution in [2.75, 3.05) is 5.32 Å². The second kappa shape index (κ2) is 12.0. The van der Waals surface area contributed by atoms with Gasteiger partial charge < -0.3 is 15.4 Å². The summed E-state index contributed by atoms with van der Waals surface area (Å²) in [5.74, 6) is -1.11. The molecule has 2 atom stereocenters. The Kier molecular flexibility index (Phi) is 8.07. The summed E-state index contributed by atoms with van der Waals surface area (Å²) in [5, 5.41) is 6.16. The number of carbonyl (C=O) groups is 3. The summed E-state index contributed by atoms with van der Waals surface area (Å²) in [4.78, 5) is 40.4. The van der Waals surface area contributed by atoms with E-state index in [2.05, 4.69) is 10.6 Å². The van der Waals surface area contributed by atoms with Crippen molar-refractivity contribution in [1.82, 2.24) is 10.2 Å². The lowest BCUT2D eigenvalue weighted by Crippen LogP contribution is -2.46. The van der Waals surface area contributed by atoms with E-state index in [-0.39, 0.29) is 24.9 Å². The summed E-state index contributed by atoms with van der Waals surface area (Å²) in [5.41, 5.74) is 3.07. The van der Waals surface area contributed by atoms with Crippen LogP contribution < -0.4 is 10.6 Å². The Bertz CT molecular complexity index is 1510. The van der Waals surface area contributed by atoms with Crippen LogP contribution in [0.25, 0.3) is 0 Å². The molecule has 9 heteroatoms. The number of hydrogen-bond donors (Lipinski definition) is 2. The number of rotatable bonds is 8. The number of ether oxygens (including phenoxy) is 1. The van der Waals surface area contributed by atoms with E-state index in [1.54, 1.807) is 60.7 Å². The summed E-state index contributed by atoms with van der Waals surface area (Å²) in [6.07, 6.45) is -1.56. The van der Waals surface area contributed by atoms with E-state index >= 15 is 0 Å². The highest BCUT2D eigenvalue weighted by atomic mass is 35.5. The van der Waals surface area contributed by atoms with Gasteiger partial charge in [0.25, 0.3) is 5.91 Å². The molecule has 0 unspecified atom stereocenters. The second-order valence-corrected chi connectivity index (χ2v) is 9.73. The number of halogens is 2. The molecule has 7 nitrogen and oxygen atoms in total. The Morgan fingerprint density at radius 3 is 2.30 bits per heavy atom. The Hall–Kier alpha value is -4.69. The Morgan fingerprint density at radius 2 is 1.60 bits per heavy atom. The molecule has 0 radical (unpaired) electrons. The van der Waals surface area contributed by atoms with Crippen molar-refractivity contribution in [3.05, 3.63) is 136 Å². The molecule has 40 heavy (non-hydrogen) atoms. The quantitative estimate of drug-likeness (QED) is 0.274. The number of amides is 3. The zero-order chi connectivity index (χ0) is 28.1. The van der Waals surface area contributed by atoms with E-state index in [0.29, 0.717) is 27.4 Å². The Labute approximate surface area is 235 Å². The first-order chi connectivity index (χ1) is 19.4. The lowest BCUT2D eigenvalue weighted by Gasteiger charge is -2.24. The first-order valence-electron chi connectivity index (χ1n) is 12.6. The zero-order valence-corrected chi connectivity index (χ0v) is 22.0. The predicted octanol–water partition coefficient (Wildman–Crippen LogP) is 6.11. The molecular formula is C31H25ClFN3O4. The van der Waals surface area contributed by atoms with Gasteiger partial charge in [-0.1, -0.05) is 72.3 Å². The zero-order valence-electron chi connectivity index (χ0n) is 21.2. The standard InChI is InChI=1S/C31H25ClFN3O4/c32-24-8-4-7-23(17-24)29(37)35-26-15-11-22(12-16-26)28-27(30(38)34-18-20-5-2-1-3-6-20)36(31(39)40-28)19-21-9-13-25(33)14-10-21/h1-17,27-28H,18-19H2,(H,34,38)(H,35,37)/t27-,28+/m1/s1. The van der Waals surface area contributed by atoms with Crippen molar-refractivity contribution in [3.63, 3.8) is 0 Å². The molecule has 2 N–H and O–H groups in total. The highest BCUT2D eigenvalue weighted by molar-refractivity contribution is 6.31. The number of nitrogens with zero attached hydrogens (tertiary/aromatic N) is 1. The molecule has 5 rings (SSSR count). The monoisotopic (exact) mass is 557 g/mol. The minimum Gasteiger partial charge on any atom is -0.438 e. The second-order valence-electron chi connectivity index (χ2n) is 9.29. The minimum atomic E-state index is -0.979. The highest BCUT2D eigenvalue weighted by Crippen LogP contribution is 2.34. The maximum absolute atomic E-state index is 13.5. The fraction of sp³-hybridized carbons (Fsp3) is 0.129. The lowest BCUT2D eigenvalue weighted by atomic mass is 10.00. The first-order valence-corrected chi connectivity index (χ1v) is 13.0. The first kappa shape index (κ1) is 26.9. The Morgan fingerprint density at radius 1 is 0.875 bits per heavy atom. The fourth-order valence-corrected chi connectivity index (χ4v) is 4.67. The maximum atomic E-state index is 13.5. The van der Waals surface area contributed by atoms with E-state index in [1.165, 1.54) is 17.0 Å². The molecular weight excluding hydrogens is 533 g/mol. The number of nitrogens with one attached hydrogen (secondary N) is 2. The number of anilines is 1. The van der Waals surface area contributed by atoms with E-state index in [4.69, 9.17) is 16.3 Å². The van der Waals surface area contributed by atoms with E-state index < -0.39 is 24.1 Å². The summed E-state index contributed by atoms with van der Waals surface area (Å²) in [7, 11) is 0. The van der Waals surface area contributed by atoms with Gasteiger partial charge in [0.05, 0.1) is 6.54 Å². The van der Waals surface area contributed by atoms with Crippen LogP contribution in [0.3, 0.4) is 0 Å². The third-order valence-corrected chi connectivity index (χ3v) is 6.75. The number of carbonyl (C=O) groups excluding carboxylic acids is 3. The average molecular weight is 558 g/mol. The predicted molar refractivity (Wildman–Crippen MR) is 149 cm³/mol. The SMILES string of the molecule is O=C(Nc1ccc([C@@H]2OC(=O)N(Cc3ccc(F)cc3)[C@H]2C(=O)NCc2ccccc2)cc1)c1cccc(Cl)c1. The van der Waals surface area contributed by atoms with Gasteiger partial charge in [-0.05, 0) is 59.2 Å². The summed E-state index contributed by atoms with van der Waals surface area (Å²) < 4.78 is 19.1. The molecule has 4 aromatic rings. The maximum Gasteiger partial charge on any atom is 0.411 e. The van der Waals surface area contributed by atoms with Gasteiger partial charge in [-0.2, -0.15) is 0 Å². The molecule has 3 amide bonds. The van der Waals surface area contributed by atoms with Gasteiger partial charge in [0.15, 0.2) is 12.1 Å². The molecule has 1 fully saturated rings. The van der Waals surface area contributed by atoms with Crippen molar-refractivity contribution in [1.29, 1.82) is 0 Å². The molecule has 0 aliphatic carbocycles. The summed E-state index contributed by atoms with van der Waals surface area (Å²) in [6.45, 7) is 0.336. The van der Waals surface area contributed by atoms with Gasteiger partial charge in [-0.15, -0.1) is 0 Å². The van der Waals surface area contributed by atoms with E-state index in [0.717, 1.165) is 5.56 Å². The third-order valence-electron chi connectivity index (χ3n) is 6.51. The topological polar surface area (TPSA) is 87.7 Å². The van der Waals surface area contributed by atoms with Gasteiger partial charge in [0.1, 0.15) is 5.82 Å². The molecule has 1 saturated heterocycles. The number of benzene rings is 4. The molecule has 1 aliphatic rings. The Balaban J connectivity index is 1.36. The van der Waals surface area contributed by atoms with Gasteiger partial charge in [0, 0.05) is 22.8 Å². The van der Waals surface area contributed by atoms with E-state index in [9.17, 15) is 18.8 Å². The fourth-order valence-electron chi connectivity index (χ4n) is 4.48. The number of cyclic esters (lactones) is 1. The normalized spacial score (nSPS) is 16.4. The van der Waals surface area contributed by atoms with Gasteiger partial charge in [0.2, 0.25) is 5.91 Å². The van der Waals surface area contributed by atoms with Crippen LogP contribution in [0.1, 0.15) is 33.2 Å². The van der Waals surface area contributed by atoms with E-state index in [1.807, 2.05) is 30.3 Å². The average Bonchev–Trinajstić information content (AvgIpc) is 3.29. The van der Waals surface area contributed by atoms with Crippen molar-refractivity contribution in [3.8, 4) is 0 Å². The van der Waals surface area contributed by atoms with Gasteiger partial charge in [-0.3, -0.25) is 14.5 Å². The van der Waals surface area contributed by atoms with Crippen molar-refractivity contribution in [2.24, 2.45) is 0 Å². The number of hydrogen-bond acceptors (Lipinski definition) is 4. The third kappa shape index (κ3) is 6.30. The van der Waals surface area contributed by atoms with Crippen LogP contribution >= 0.6 is 11.6 Å². The van der Waals surface area contributed by atoms with Crippen LogP contribution in [0.4, 0.5) is 14.9 Å². The van der Waals surface area contributed by atoms with Gasteiger partial charge in [-0.25, -0.2) is 9.18 Å². The molecule has 0 spiro atoms. The molecule has 1 heterocycles. The van der Waals surface area contributed by atoms with Crippen LogP contribution in [0.5, 0.6) is 0 Å². The van der Waals surface area contributed by atoms with Crippen LogP contribution in [0.15, 0.2) is 103 Å². The molecule has 4 aromatic carbocycles. The summed E-state index contributed by atoms with van der Waals surface area (Å²) >= 11 is 5.99. The molecule has 0 saturated carbocycles. The molecule has 1 aliphatic heterocycles. The molecule has 0 bridgehead atoms. The van der Waals surface area contributed by atoms with Crippen molar-refractivity contribution >= 4 is 35.2 Å². The lowest BCUT2D eigenvalue weighted by molar-refractivity contribution is -0.126. The highest BCUT2D eigenvalue weighted by Gasteiger charge is 2.46. The van der Waals surface area contributed by atoms with Gasteiger partial charge >= 0.3 is 6.09 Å². The smallest absolute Gasteiger partial charge is 0.411 e. The van der Waals surface area contributed by atoms with Crippen LogP contribution in [-0.4, -0.2) is 28.8 Å². The van der Waals surface area contributed by atoms with Crippen molar-refractivity contribution < 1.29 is 23.5 Å². The molecule has 0 aromatic heterocycles. The van der Waals surface area contributed by atoms with Crippen molar-refractivity contribution in [2.45, 2.75) is 25.2 Å². The largest absolute Gasteiger partial charge is 0.438 e. The summed E-state index contributed by atoms with van der Waals surface area (Å²) in [6, 6.07) is 27.5. The van der Waals surface area contributed by atoms with Crippen LogP contribution in [0, 0.1) is 5.82 Å². The molecule has 202 valence electrons. The minimum absolute atomic E-state index is 0.0623. The van der Waals surface area contributed by atoms with Crippen LogP contribution in [-0.2, 0) is 22.6 Å². The van der Waals surface area contributed by atoms with Crippen LogP contribution in [0.2, 0.25) is 5.02 Å².